The molecule has 1 N–H and O–H groups in total. The number of amides is 1. The Balaban J connectivity index is 1.73. The predicted molar refractivity (Wildman–Crippen MR) is 98.1 cm³/mol. The van der Waals surface area contributed by atoms with E-state index in [0.29, 0.717) is 13.1 Å². The molecule has 134 valence electrons. The molecule has 0 spiro atoms. The number of benzene rings is 1. The van der Waals surface area contributed by atoms with Gasteiger partial charge in [0.25, 0.3) is 0 Å². The molecule has 1 amide bonds. The van der Waals surface area contributed by atoms with Gasteiger partial charge in [0.15, 0.2) is 0 Å². The SMILES string of the molecule is COc1cc(NC2CCN(C(=O)OC(C)(C)C)C2)c2cccnc2c1. The van der Waals surface area contributed by atoms with Crippen LogP contribution in [0.15, 0.2) is 30.5 Å². The Morgan fingerprint density at radius 2 is 2.16 bits per heavy atom. The van der Waals surface area contributed by atoms with Crippen molar-refractivity contribution in [2.45, 2.75) is 38.8 Å². The normalized spacial score (nSPS) is 17.6. The quantitative estimate of drug-likeness (QED) is 0.921. The number of methoxy groups -OCH3 is 1. The molecule has 6 nitrogen and oxygen atoms in total. The molecule has 1 aliphatic rings. The molecule has 2 aromatic rings. The highest BCUT2D eigenvalue weighted by atomic mass is 16.6. The van der Waals surface area contributed by atoms with Crippen LogP contribution in [-0.2, 0) is 4.74 Å². The number of carbonyl (C=O) groups is 1. The highest BCUT2D eigenvalue weighted by molar-refractivity contribution is 5.92. The minimum absolute atomic E-state index is 0.169. The fraction of sp³-hybridized carbons (Fsp3) is 0.474. The number of pyridine rings is 1. The molecule has 25 heavy (non-hydrogen) atoms. The van der Waals surface area contributed by atoms with Gasteiger partial charge >= 0.3 is 6.09 Å². The molecular weight excluding hydrogens is 318 g/mol. The van der Waals surface area contributed by atoms with Gasteiger partial charge in [-0.25, -0.2) is 4.79 Å². The van der Waals surface area contributed by atoms with Gasteiger partial charge < -0.3 is 19.7 Å². The van der Waals surface area contributed by atoms with Crippen molar-refractivity contribution in [3.8, 4) is 5.75 Å². The number of rotatable bonds is 3. The first kappa shape index (κ1) is 17.3. The average molecular weight is 343 g/mol. The molecule has 2 heterocycles. The Morgan fingerprint density at radius 1 is 1.36 bits per heavy atom. The average Bonchev–Trinajstić information content (AvgIpc) is 3.02. The summed E-state index contributed by atoms with van der Waals surface area (Å²) in [6.07, 6.45) is 2.39. The molecular formula is C19H25N3O3. The fourth-order valence-electron chi connectivity index (χ4n) is 2.98. The van der Waals surface area contributed by atoms with Crippen molar-refractivity contribution in [2.24, 2.45) is 0 Å². The third-order valence-electron chi connectivity index (χ3n) is 4.13. The number of likely N-dealkylation sites (tertiary alicyclic amines) is 1. The topological polar surface area (TPSA) is 63.7 Å². The smallest absolute Gasteiger partial charge is 0.410 e. The van der Waals surface area contributed by atoms with E-state index in [0.717, 1.165) is 28.8 Å². The molecule has 0 saturated carbocycles. The Morgan fingerprint density at radius 3 is 2.88 bits per heavy atom. The summed E-state index contributed by atoms with van der Waals surface area (Å²) in [4.78, 5) is 18.4. The van der Waals surface area contributed by atoms with Gasteiger partial charge in [0.05, 0.1) is 12.6 Å². The van der Waals surface area contributed by atoms with Gasteiger partial charge in [-0.05, 0) is 39.3 Å². The largest absolute Gasteiger partial charge is 0.497 e. The lowest BCUT2D eigenvalue weighted by Crippen LogP contribution is -2.36. The molecule has 0 aliphatic carbocycles. The van der Waals surface area contributed by atoms with E-state index in [1.165, 1.54) is 0 Å². The molecule has 1 fully saturated rings. The van der Waals surface area contributed by atoms with Crippen molar-refractivity contribution in [1.29, 1.82) is 0 Å². The predicted octanol–water partition coefficient (Wildman–Crippen LogP) is 3.66. The second-order valence-corrected chi connectivity index (χ2v) is 7.30. The Kier molecular flexibility index (Phi) is 4.70. The van der Waals surface area contributed by atoms with Crippen molar-refractivity contribution >= 4 is 22.7 Å². The number of aromatic nitrogens is 1. The Labute approximate surface area is 148 Å². The number of hydrogen-bond donors (Lipinski definition) is 1. The van der Waals surface area contributed by atoms with Gasteiger partial charge in [-0.2, -0.15) is 0 Å². The van der Waals surface area contributed by atoms with E-state index in [-0.39, 0.29) is 12.1 Å². The van der Waals surface area contributed by atoms with Crippen LogP contribution in [0.5, 0.6) is 5.75 Å². The second-order valence-electron chi connectivity index (χ2n) is 7.30. The number of hydrogen-bond acceptors (Lipinski definition) is 5. The monoisotopic (exact) mass is 343 g/mol. The van der Waals surface area contributed by atoms with E-state index in [4.69, 9.17) is 9.47 Å². The van der Waals surface area contributed by atoms with Crippen LogP contribution in [0.25, 0.3) is 10.9 Å². The molecule has 3 rings (SSSR count). The lowest BCUT2D eigenvalue weighted by Gasteiger charge is -2.24. The summed E-state index contributed by atoms with van der Waals surface area (Å²) in [7, 11) is 1.65. The van der Waals surface area contributed by atoms with Gasteiger partial charge in [0.2, 0.25) is 0 Å². The maximum absolute atomic E-state index is 12.2. The molecule has 6 heteroatoms. The second kappa shape index (κ2) is 6.78. The number of nitrogens with one attached hydrogen (secondary N) is 1. The first-order valence-corrected chi connectivity index (χ1v) is 8.53. The third-order valence-corrected chi connectivity index (χ3v) is 4.13. The molecule has 1 unspecified atom stereocenters. The van der Waals surface area contributed by atoms with E-state index in [1.54, 1.807) is 18.2 Å². The van der Waals surface area contributed by atoms with Crippen molar-refractivity contribution in [3.63, 3.8) is 0 Å². The fourth-order valence-corrected chi connectivity index (χ4v) is 2.98. The lowest BCUT2D eigenvalue weighted by atomic mass is 10.1. The number of fused-ring (bicyclic) bond motifs is 1. The van der Waals surface area contributed by atoms with Gasteiger partial charge in [-0.3, -0.25) is 4.98 Å². The zero-order valence-electron chi connectivity index (χ0n) is 15.2. The zero-order chi connectivity index (χ0) is 18.0. The van der Waals surface area contributed by atoms with E-state index < -0.39 is 5.60 Å². The van der Waals surface area contributed by atoms with E-state index in [2.05, 4.69) is 10.3 Å². The molecule has 1 saturated heterocycles. The number of ether oxygens (including phenoxy) is 2. The van der Waals surface area contributed by atoms with Crippen LogP contribution in [0, 0.1) is 0 Å². The van der Waals surface area contributed by atoms with Crippen LogP contribution in [0.3, 0.4) is 0 Å². The summed E-state index contributed by atoms with van der Waals surface area (Å²) in [6, 6.07) is 8.01. The molecule has 1 atom stereocenters. The van der Waals surface area contributed by atoms with Gasteiger partial charge in [-0.15, -0.1) is 0 Å². The van der Waals surface area contributed by atoms with E-state index in [9.17, 15) is 4.79 Å². The summed E-state index contributed by atoms with van der Waals surface area (Å²) in [5, 5.41) is 4.58. The number of nitrogens with zero attached hydrogens (tertiary/aromatic N) is 2. The number of anilines is 1. The maximum Gasteiger partial charge on any atom is 0.410 e. The van der Waals surface area contributed by atoms with Crippen molar-refractivity contribution in [3.05, 3.63) is 30.5 Å². The Bertz CT molecular complexity index is 770. The molecule has 1 aliphatic heterocycles. The molecule has 0 radical (unpaired) electrons. The minimum atomic E-state index is -0.475. The number of carbonyl (C=O) groups excluding carboxylic acids is 1. The highest BCUT2D eigenvalue weighted by Gasteiger charge is 2.30. The summed E-state index contributed by atoms with van der Waals surface area (Å²) in [5.41, 5.74) is 1.38. The summed E-state index contributed by atoms with van der Waals surface area (Å²) in [6.45, 7) is 6.95. The lowest BCUT2D eigenvalue weighted by molar-refractivity contribution is 0.0293. The van der Waals surface area contributed by atoms with Crippen LogP contribution < -0.4 is 10.1 Å². The highest BCUT2D eigenvalue weighted by Crippen LogP contribution is 2.29. The van der Waals surface area contributed by atoms with Crippen LogP contribution in [0.2, 0.25) is 0 Å². The van der Waals surface area contributed by atoms with Crippen LogP contribution >= 0.6 is 0 Å². The standard InChI is InChI=1S/C19H25N3O3/c1-19(2,3)25-18(23)22-9-7-13(12-22)21-17-11-14(24-4)10-16-15(17)6-5-8-20-16/h5-6,8,10-11,13,21H,7,9,12H2,1-4H3. The third kappa shape index (κ3) is 4.13. The van der Waals surface area contributed by atoms with Crippen LogP contribution in [-0.4, -0.2) is 47.8 Å². The van der Waals surface area contributed by atoms with E-state index >= 15 is 0 Å². The zero-order valence-corrected chi connectivity index (χ0v) is 15.2. The molecule has 0 bridgehead atoms. The summed E-state index contributed by atoms with van der Waals surface area (Å²) < 4.78 is 10.8. The van der Waals surface area contributed by atoms with Crippen molar-refractivity contribution in [2.75, 3.05) is 25.5 Å². The van der Waals surface area contributed by atoms with Crippen LogP contribution in [0.1, 0.15) is 27.2 Å². The Hall–Kier alpha value is -2.50. The van der Waals surface area contributed by atoms with E-state index in [1.807, 2.05) is 45.0 Å². The maximum atomic E-state index is 12.2. The van der Waals surface area contributed by atoms with Gasteiger partial charge in [-0.1, -0.05) is 0 Å². The first-order valence-electron chi connectivity index (χ1n) is 8.53. The molecule has 1 aromatic heterocycles. The van der Waals surface area contributed by atoms with Crippen LogP contribution in [0.4, 0.5) is 10.5 Å². The first-order chi connectivity index (χ1) is 11.9. The van der Waals surface area contributed by atoms with Gasteiger partial charge in [0.1, 0.15) is 11.4 Å². The van der Waals surface area contributed by atoms with Gasteiger partial charge in [0, 0.05) is 48.5 Å². The van der Waals surface area contributed by atoms with Crippen molar-refractivity contribution < 1.29 is 14.3 Å². The van der Waals surface area contributed by atoms with Crippen molar-refractivity contribution in [1.82, 2.24) is 9.88 Å². The summed E-state index contributed by atoms with van der Waals surface area (Å²) >= 11 is 0. The minimum Gasteiger partial charge on any atom is -0.497 e. The molecule has 1 aromatic carbocycles. The summed E-state index contributed by atoms with van der Waals surface area (Å²) in [5.74, 6) is 0.760.